The second-order valence-corrected chi connectivity index (χ2v) is 2.47. The molecule has 0 aromatic carbocycles. The predicted octanol–water partition coefficient (Wildman–Crippen LogP) is 0.514. The molecule has 3 N–H and O–H groups in total. The molecule has 0 saturated heterocycles. The highest BCUT2D eigenvalue weighted by Gasteiger charge is 1.91. The Bertz CT molecular complexity index is 104. The van der Waals surface area contributed by atoms with Gasteiger partial charge in [-0.25, -0.2) is 0 Å². The Hall–Kier alpha value is -0.610. The lowest BCUT2D eigenvalue weighted by molar-refractivity contribution is -0.141. The van der Waals surface area contributed by atoms with Crippen molar-refractivity contribution < 1.29 is 9.53 Å². The molecule has 0 spiro atoms. The van der Waals surface area contributed by atoms with E-state index in [1.54, 1.807) is 6.92 Å². The molecule has 13 heavy (non-hydrogen) atoms. The van der Waals surface area contributed by atoms with Crippen molar-refractivity contribution >= 4 is 5.97 Å². The van der Waals surface area contributed by atoms with Gasteiger partial charge in [-0.3, -0.25) is 4.79 Å². The van der Waals surface area contributed by atoms with Gasteiger partial charge in [0.25, 0.3) is 0 Å². The normalized spacial score (nSPS) is 8.62. The van der Waals surface area contributed by atoms with Crippen LogP contribution in [-0.2, 0) is 9.53 Å². The molecule has 4 heteroatoms. The fourth-order valence-electron chi connectivity index (χ4n) is 0.573. The summed E-state index contributed by atoms with van der Waals surface area (Å²) in [5, 5.41) is 3.07. The van der Waals surface area contributed by atoms with Gasteiger partial charge in [0.2, 0.25) is 0 Å². The molecule has 0 aliphatic heterocycles. The van der Waals surface area contributed by atoms with E-state index >= 15 is 0 Å². The molecule has 0 aliphatic rings. The van der Waals surface area contributed by atoms with Crippen molar-refractivity contribution in [2.75, 3.05) is 26.7 Å². The Labute approximate surface area is 80.8 Å². The van der Waals surface area contributed by atoms with Crippen LogP contribution in [0.4, 0.5) is 0 Å². The molecule has 0 unspecified atom stereocenters. The SMILES string of the molecule is CCCCNC.CCOC(=O)CN. The number of unbranched alkanes of at least 4 members (excludes halogenated alkanes) is 1. The van der Waals surface area contributed by atoms with E-state index in [9.17, 15) is 4.79 Å². The summed E-state index contributed by atoms with van der Waals surface area (Å²) in [7, 11) is 1.98. The third kappa shape index (κ3) is 18.4. The zero-order valence-corrected chi connectivity index (χ0v) is 8.93. The summed E-state index contributed by atoms with van der Waals surface area (Å²) in [6, 6.07) is 0. The van der Waals surface area contributed by atoms with Gasteiger partial charge in [0.15, 0.2) is 0 Å². The Balaban J connectivity index is 0. The second kappa shape index (κ2) is 13.9. The molecule has 80 valence electrons. The first-order valence-corrected chi connectivity index (χ1v) is 4.73. The van der Waals surface area contributed by atoms with Gasteiger partial charge in [-0.15, -0.1) is 0 Å². The van der Waals surface area contributed by atoms with Crippen molar-refractivity contribution in [3.8, 4) is 0 Å². The number of hydrogen-bond acceptors (Lipinski definition) is 4. The maximum absolute atomic E-state index is 10.1. The molecule has 0 heterocycles. The average molecular weight is 190 g/mol. The lowest BCUT2D eigenvalue weighted by Gasteiger charge is -1.93. The summed E-state index contributed by atoms with van der Waals surface area (Å²) in [4.78, 5) is 10.1. The molecule has 0 aliphatic carbocycles. The number of rotatable bonds is 5. The summed E-state index contributed by atoms with van der Waals surface area (Å²) >= 11 is 0. The van der Waals surface area contributed by atoms with Gasteiger partial charge in [-0.05, 0) is 26.9 Å². The fourth-order valence-corrected chi connectivity index (χ4v) is 0.573. The third-order valence-corrected chi connectivity index (χ3v) is 1.25. The van der Waals surface area contributed by atoms with Crippen LogP contribution in [0.15, 0.2) is 0 Å². The van der Waals surface area contributed by atoms with Crippen molar-refractivity contribution in [1.82, 2.24) is 5.32 Å². The Morgan fingerprint density at radius 1 is 1.46 bits per heavy atom. The molecule has 0 saturated carbocycles. The highest BCUT2D eigenvalue weighted by molar-refractivity contribution is 5.71. The van der Waals surface area contributed by atoms with E-state index in [0.717, 1.165) is 6.54 Å². The Morgan fingerprint density at radius 2 is 2.08 bits per heavy atom. The van der Waals surface area contributed by atoms with Crippen LogP contribution in [0.2, 0.25) is 0 Å². The quantitative estimate of drug-likeness (QED) is 0.490. The van der Waals surface area contributed by atoms with Crippen LogP contribution in [0.5, 0.6) is 0 Å². The van der Waals surface area contributed by atoms with Gasteiger partial charge in [-0.2, -0.15) is 0 Å². The third-order valence-electron chi connectivity index (χ3n) is 1.25. The van der Waals surface area contributed by atoms with Crippen molar-refractivity contribution in [3.05, 3.63) is 0 Å². The van der Waals surface area contributed by atoms with E-state index < -0.39 is 0 Å². The van der Waals surface area contributed by atoms with E-state index in [0.29, 0.717) is 6.61 Å². The fraction of sp³-hybridized carbons (Fsp3) is 0.889. The van der Waals surface area contributed by atoms with Crippen molar-refractivity contribution in [2.45, 2.75) is 26.7 Å². The van der Waals surface area contributed by atoms with Crippen LogP contribution in [-0.4, -0.2) is 32.7 Å². The van der Waals surface area contributed by atoms with E-state index in [1.165, 1.54) is 12.8 Å². The second-order valence-electron chi connectivity index (χ2n) is 2.47. The molecule has 0 aromatic heterocycles. The molecule has 0 amide bonds. The van der Waals surface area contributed by atoms with Crippen LogP contribution >= 0.6 is 0 Å². The zero-order valence-electron chi connectivity index (χ0n) is 8.93. The number of esters is 1. The minimum Gasteiger partial charge on any atom is -0.465 e. The summed E-state index contributed by atoms with van der Waals surface area (Å²) in [6.45, 7) is 5.49. The molecule has 0 atom stereocenters. The van der Waals surface area contributed by atoms with Gasteiger partial charge in [0.1, 0.15) is 0 Å². The molecular formula is C9H22N2O2. The topological polar surface area (TPSA) is 64.3 Å². The smallest absolute Gasteiger partial charge is 0.319 e. The maximum Gasteiger partial charge on any atom is 0.319 e. The lowest BCUT2D eigenvalue weighted by atomic mass is 10.3. The first-order valence-electron chi connectivity index (χ1n) is 4.73. The van der Waals surface area contributed by atoms with Crippen LogP contribution in [0.3, 0.4) is 0 Å². The largest absolute Gasteiger partial charge is 0.465 e. The molecule has 0 radical (unpaired) electrons. The standard InChI is InChI=1S/C5H13N.C4H9NO2/c1-3-4-5-6-2;1-2-7-4(6)3-5/h6H,3-5H2,1-2H3;2-3,5H2,1H3. The minimum absolute atomic E-state index is 0.0200. The lowest BCUT2D eigenvalue weighted by Crippen LogP contribution is -2.16. The number of carbonyl (C=O) groups is 1. The number of carbonyl (C=O) groups excluding carboxylic acids is 1. The van der Waals surface area contributed by atoms with E-state index in [-0.39, 0.29) is 12.5 Å². The highest BCUT2D eigenvalue weighted by atomic mass is 16.5. The van der Waals surface area contributed by atoms with Crippen LogP contribution < -0.4 is 11.1 Å². The molecule has 0 bridgehead atoms. The van der Waals surface area contributed by atoms with Crippen molar-refractivity contribution in [3.63, 3.8) is 0 Å². The van der Waals surface area contributed by atoms with Crippen LogP contribution in [0, 0.1) is 0 Å². The van der Waals surface area contributed by atoms with Gasteiger partial charge >= 0.3 is 5.97 Å². The summed E-state index contributed by atoms with van der Waals surface area (Å²) in [5.74, 6) is -0.345. The van der Waals surface area contributed by atoms with E-state index in [1.807, 2.05) is 7.05 Å². The maximum atomic E-state index is 10.1. The number of nitrogens with one attached hydrogen (secondary N) is 1. The number of hydrogen-bond donors (Lipinski definition) is 2. The van der Waals surface area contributed by atoms with E-state index in [4.69, 9.17) is 5.73 Å². The number of ether oxygens (including phenoxy) is 1. The van der Waals surface area contributed by atoms with Crippen LogP contribution in [0.1, 0.15) is 26.7 Å². The van der Waals surface area contributed by atoms with Crippen LogP contribution in [0.25, 0.3) is 0 Å². The number of nitrogens with two attached hydrogens (primary N) is 1. The zero-order chi connectivity index (χ0) is 10.5. The molecule has 0 fully saturated rings. The van der Waals surface area contributed by atoms with Crippen molar-refractivity contribution in [1.29, 1.82) is 0 Å². The molecule has 0 rings (SSSR count). The van der Waals surface area contributed by atoms with Gasteiger partial charge in [0.05, 0.1) is 13.2 Å². The molecular weight excluding hydrogens is 168 g/mol. The van der Waals surface area contributed by atoms with Gasteiger partial charge in [0, 0.05) is 0 Å². The Morgan fingerprint density at radius 3 is 2.23 bits per heavy atom. The average Bonchev–Trinajstić information content (AvgIpc) is 2.16. The molecule has 4 nitrogen and oxygen atoms in total. The first kappa shape index (κ1) is 14.9. The molecule has 0 aromatic rings. The summed E-state index contributed by atoms with van der Waals surface area (Å²) in [6.07, 6.45) is 2.59. The predicted molar refractivity (Wildman–Crippen MR) is 54.5 cm³/mol. The van der Waals surface area contributed by atoms with Gasteiger partial charge < -0.3 is 15.8 Å². The van der Waals surface area contributed by atoms with E-state index in [2.05, 4.69) is 17.0 Å². The summed E-state index contributed by atoms with van der Waals surface area (Å²) in [5.41, 5.74) is 4.88. The van der Waals surface area contributed by atoms with Crippen molar-refractivity contribution in [2.24, 2.45) is 5.73 Å². The monoisotopic (exact) mass is 190 g/mol. The Kier molecular flexibility index (Phi) is 16.0. The summed E-state index contributed by atoms with van der Waals surface area (Å²) < 4.78 is 4.43. The highest BCUT2D eigenvalue weighted by Crippen LogP contribution is 1.79. The minimum atomic E-state index is -0.345. The first-order chi connectivity index (χ1) is 6.22. The van der Waals surface area contributed by atoms with Gasteiger partial charge in [-0.1, -0.05) is 13.3 Å².